The van der Waals surface area contributed by atoms with Crippen molar-refractivity contribution in [3.63, 3.8) is 0 Å². The SMILES string of the molecule is Cc1ccc(S(=O)(=O)NCC2CCCC(Cl)C2)cc1. The van der Waals surface area contributed by atoms with E-state index in [1.54, 1.807) is 12.1 Å². The fourth-order valence-corrected chi connectivity index (χ4v) is 3.96. The summed E-state index contributed by atoms with van der Waals surface area (Å²) in [5.74, 6) is 0.358. The topological polar surface area (TPSA) is 46.2 Å². The summed E-state index contributed by atoms with van der Waals surface area (Å²) in [4.78, 5) is 0.330. The van der Waals surface area contributed by atoms with E-state index < -0.39 is 10.0 Å². The lowest BCUT2D eigenvalue weighted by Crippen LogP contribution is -2.32. The second-order valence-electron chi connectivity index (χ2n) is 5.29. The van der Waals surface area contributed by atoms with Crippen LogP contribution in [0.3, 0.4) is 0 Å². The smallest absolute Gasteiger partial charge is 0.211 e. The summed E-state index contributed by atoms with van der Waals surface area (Å²) in [5.41, 5.74) is 1.05. The maximum Gasteiger partial charge on any atom is 0.240 e. The van der Waals surface area contributed by atoms with Gasteiger partial charge in [-0.2, -0.15) is 0 Å². The fraction of sp³-hybridized carbons (Fsp3) is 0.571. The first kappa shape index (κ1) is 14.8. The number of nitrogens with one attached hydrogen (secondary N) is 1. The Balaban J connectivity index is 1.96. The molecule has 1 aliphatic rings. The first-order chi connectivity index (χ1) is 8.97. The average molecular weight is 302 g/mol. The Bertz CT molecular complexity index is 513. The molecule has 0 aromatic heterocycles. The molecule has 1 saturated carbocycles. The van der Waals surface area contributed by atoms with Crippen molar-refractivity contribution in [2.45, 2.75) is 42.9 Å². The largest absolute Gasteiger partial charge is 0.240 e. The van der Waals surface area contributed by atoms with Crippen LogP contribution in [-0.2, 0) is 10.0 Å². The zero-order chi connectivity index (χ0) is 13.9. The molecule has 1 fully saturated rings. The van der Waals surface area contributed by atoms with Crippen LogP contribution in [0.1, 0.15) is 31.2 Å². The molecule has 0 spiro atoms. The molecule has 1 aromatic rings. The standard InChI is InChI=1S/C14H20ClNO2S/c1-11-5-7-14(8-6-11)19(17,18)16-10-12-3-2-4-13(15)9-12/h5-8,12-13,16H,2-4,9-10H2,1H3. The highest BCUT2D eigenvalue weighted by molar-refractivity contribution is 7.89. The number of hydrogen-bond acceptors (Lipinski definition) is 2. The van der Waals surface area contributed by atoms with Gasteiger partial charge in [0.2, 0.25) is 10.0 Å². The molecule has 0 aliphatic heterocycles. The highest BCUT2D eigenvalue weighted by Gasteiger charge is 2.22. The van der Waals surface area contributed by atoms with Crippen molar-refractivity contribution in [2.24, 2.45) is 5.92 Å². The summed E-state index contributed by atoms with van der Waals surface area (Å²) in [6.07, 6.45) is 4.09. The zero-order valence-corrected chi connectivity index (χ0v) is 12.7. The van der Waals surface area contributed by atoms with Crippen molar-refractivity contribution in [3.05, 3.63) is 29.8 Å². The first-order valence-electron chi connectivity index (χ1n) is 6.68. The van der Waals surface area contributed by atoms with Gasteiger partial charge in [-0.05, 0) is 44.2 Å². The normalized spacial score (nSPS) is 24.3. The molecule has 1 aliphatic carbocycles. The number of rotatable bonds is 4. The molecule has 0 saturated heterocycles. The van der Waals surface area contributed by atoms with E-state index in [1.165, 1.54) is 0 Å². The van der Waals surface area contributed by atoms with Crippen molar-refractivity contribution in [1.82, 2.24) is 4.72 Å². The lowest BCUT2D eigenvalue weighted by Gasteiger charge is -2.25. The minimum Gasteiger partial charge on any atom is -0.211 e. The molecule has 19 heavy (non-hydrogen) atoms. The van der Waals surface area contributed by atoms with E-state index in [9.17, 15) is 8.42 Å². The maximum atomic E-state index is 12.1. The number of hydrogen-bond donors (Lipinski definition) is 1. The molecule has 1 aromatic carbocycles. The molecule has 3 nitrogen and oxygen atoms in total. The third kappa shape index (κ3) is 4.20. The van der Waals surface area contributed by atoms with E-state index in [0.29, 0.717) is 17.4 Å². The number of halogens is 1. The van der Waals surface area contributed by atoms with Crippen LogP contribution in [0.15, 0.2) is 29.2 Å². The molecular formula is C14H20ClNO2S. The Morgan fingerprint density at radius 2 is 1.95 bits per heavy atom. The summed E-state index contributed by atoms with van der Waals surface area (Å²) < 4.78 is 26.9. The fourth-order valence-electron chi connectivity index (χ4n) is 2.44. The van der Waals surface area contributed by atoms with Gasteiger partial charge in [-0.15, -0.1) is 11.6 Å². The lowest BCUT2D eigenvalue weighted by atomic mass is 9.89. The summed E-state index contributed by atoms with van der Waals surface area (Å²) >= 11 is 6.12. The Morgan fingerprint density at radius 1 is 1.26 bits per heavy atom. The van der Waals surface area contributed by atoms with E-state index >= 15 is 0 Å². The van der Waals surface area contributed by atoms with Crippen LogP contribution < -0.4 is 4.72 Å². The van der Waals surface area contributed by atoms with Crippen molar-refractivity contribution >= 4 is 21.6 Å². The molecule has 0 bridgehead atoms. The molecule has 0 radical (unpaired) electrons. The molecule has 0 amide bonds. The number of benzene rings is 1. The number of sulfonamides is 1. The van der Waals surface area contributed by atoms with Gasteiger partial charge in [0.05, 0.1) is 4.90 Å². The molecule has 2 unspecified atom stereocenters. The van der Waals surface area contributed by atoms with E-state index in [1.807, 2.05) is 19.1 Å². The van der Waals surface area contributed by atoms with Gasteiger partial charge in [0.25, 0.3) is 0 Å². The molecular weight excluding hydrogens is 282 g/mol. The highest BCUT2D eigenvalue weighted by atomic mass is 35.5. The van der Waals surface area contributed by atoms with Crippen molar-refractivity contribution < 1.29 is 8.42 Å². The van der Waals surface area contributed by atoms with Gasteiger partial charge in [0, 0.05) is 11.9 Å². The van der Waals surface area contributed by atoms with Crippen LogP contribution >= 0.6 is 11.6 Å². The van der Waals surface area contributed by atoms with Gasteiger partial charge in [0.1, 0.15) is 0 Å². The predicted molar refractivity (Wildman–Crippen MR) is 78.0 cm³/mol. The van der Waals surface area contributed by atoms with Gasteiger partial charge in [-0.1, -0.05) is 24.1 Å². The number of aryl methyl sites for hydroxylation is 1. The zero-order valence-electron chi connectivity index (χ0n) is 11.1. The van der Waals surface area contributed by atoms with E-state index in [0.717, 1.165) is 31.2 Å². The van der Waals surface area contributed by atoms with Gasteiger partial charge in [-0.3, -0.25) is 0 Å². The van der Waals surface area contributed by atoms with Crippen LogP contribution in [0.25, 0.3) is 0 Å². The van der Waals surface area contributed by atoms with E-state index in [-0.39, 0.29) is 5.38 Å². The predicted octanol–water partition coefficient (Wildman–Crippen LogP) is 3.07. The Labute approximate surface area is 120 Å². The Morgan fingerprint density at radius 3 is 2.58 bits per heavy atom. The molecule has 0 heterocycles. The van der Waals surface area contributed by atoms with Crippen LogP contribution in [0.4, 0.5) is 0 Å². The summed E-state index contributed by atoms with van der Waals surface area (Å²) in [6.45, 7) is 2.42. The van der Waals surface area contributed by atoms with Crippen LogP contribution in [-0.4, -0.2) is 20.3 Å². The van der Waals surface area contributed by atoms with Crippen LogP contribution in [0, 0.1) is 12.8 Å². The lowest BCUT2D eigenvalue weighted by molar-refractivity contribution is 0.361. The molecule has 5 heteroatoms. The van der Waals surface area contributed by atoms with E-state index in [2.05, 4.69) is 4.72 Å². The minimum atomic E-state index is -3.39. The average Bonchev–Trinajstić information content (AvgIpc) is 2.37. The molecule has 106 valence electrons. The summed E-state index contributed by atoms with van der Waals surface area (Å²) in [7, 11) is -3.39. The Hall–Kier alpha value is -0.580. The molecule has 2 atom stereocenters. The monoisotopic (exact) mass is 301 g/mol. The third-order valence-corrected chi connectivity index (χ3v) is 5.45. The minimum absolute atomic E-state index is 0.197. The van der Waals surface area contributed by atoms with Gasteiger partial charge in [0.15, 0.2) is 0 Å². The van der Waals surface area contributed by atoms with Gasteiger partial charge >= 0.3 is 0 Å². The quantitative estimate of drug-likeness (QED) is 0.869. The maximum absolute atomic E-state index is 12.1. The van der Waals surface area contributed by atoms with Gasteiger partial charge < -0.3 is 0 Å². The van der Waals surface area contributed by atoms with Crippen LogP contribution in [0.2, 0.25) is 0 Å². The van der Waals surface area contributed by atoms with Crippen molar-refractivity contribution in [3.8, 4) is 0 Å². The van der Waals surface area contributed by atoms with Crippen molar-refractivity contribution in [2.75, 3.05) is 6.54 Å². The third-order valence-electron chi connectivity index (χ3n) is 3.61. The second-order valence-corrected chi connectivity index (χ2v) is 7.68. The van der Waals surface area contributed by atoms with Crippen molar-refractivity contribution in [1.29, 1.82) is 0 Å². The summed E-state index contributed by atoms with van der Waals surface area (Å²) in [6, 6.07) is 6.90. The van der Waals surface area contributed by atoms with Crippen LogP contribution in [0.5, 0.6) is 0 Å². The molecule has 2 rings (SSSR count). The number of alkyl halides is 1. The van der Waals surface area contributed by atoms with Gasteiger partial charge in [-0.25, -0.2) is 13.1 Å². The highest BCUT2D eigenvalue weighted by Crippen LogP contribution is 2.27. The summed E-state index contributed by atoms with van der Waals surface area (Å²) in [5, 5.41) is 0.197. The molecule has 1 N–H and O–H groups in total. The first-order valence-corrected chi connectivity index (χ1v) is 8.60. The van der Waals surface area contributed by atoms with E-state index in [4.69, 9.17) is 11.6 Å². The Kier molecular flexibility index (Phi) is 4.87. The second kappa shape index (κ2) is 6.25.